The van der Waals surface area contributed by atoms with Gasteiger partial charge in [0.05, 0.1) is 0 Å². The first-order valence-electron chi connectivity index (χ1n) is 10.8. The lowest BCUT2D eigenvalue weighted by molar-refractivity contribution is -0.161. The summed E-state index contributed by atoms with van der Waals surface area (Å²) in [6, 6.07) is 9.34. The van der Waals surface area contributed by atoms with Gasteiger partial charge in [-0.2, -0.15) is 0 Å². The number of carbonyl (C=O) groups is 2. The van der Waals surface area contributed by atoms with Gasteiger partial charge in [-0.1, -0.05) is 18.2 Å². The number of phenolic OH excluding ortho intramolecular Hbond substituents is 1. The topological polar surface area (TPSA) is 72.8 Å². The van der Waals surface area contributed by atoms with E-state index in [0.29, 0.717) is 17.7 Å². The zero-order valence-corrected chi connectivity index (χ0v) is 17.2. The fourth-order valence-electron chi connectivity index (χ4n) is 4.25. The minimum absolute atomic E-state index is 0.0715. The summed E-state index contributed by atoms with van der Waals surface area (Å²) in [5, 5.41) is 10.3. The van der Waals surface area contributed by atoms with E-state index < -0.39 is 5.41 Å². The first kappa shape index (κ1) is 19.2. The third kappa shape index (κ3) is 3.26. The Hall–Kier alpha value is -2.82. The molecular weight excluding hydrogens is 380 g/mol. The number of fused-ring (bicyclic) bond motifs is 1. The second-order valence-electron chi connectivity index (χ2n) is 8.91. The van der Waals surface area contributed by atoms with Crippen LogP contribution >= 0.6 is 0 Å². The van der Waals surface area contributed by atoms with Crippen molar-refractivity contribution in [2.45, 2.75) is 58.0 Å². The molecule has 5 heteroatoms. The Morgan fingerprint density at radius 3 is 2.60 bits per heavy atom. The molecule has 30 heavy (non-hydrogen) atoms. The van der Waals surface area contributed by atoms with Crippen molar-refractivity contribution < 1.29 is 24.2 Å². The molecule has 1 N–H and O–H groups in total. The summed E-state index contributed by atoms with van der Waals surface area (Å²) in [5.41, 5.74) is 3.74. The normalized spacial score (nSPS) is 19.2. The molecule has 0 heterocycles. The van der Waals surface area contributed by atoms with E-state index in [9.17, 15) is 14.7 Å². The van der Waals surface area contributed by atoms with Crippen LogP contribution < -0.4 is 4.74 Å². The second kappa shape index (κ2) is 7.15. The largest absolute Gasteiger partial charge is 0.508 e. The molecule has 0 aromatic heterocycles. The number of Topliss-reactive ketones (excluding diaryl/α,β-unsaturated/α-hetero) is 1. The van der Waals surface area contributed by atoms with Gasteiger partial charge >= 0.3 is 5.97 Å². The molecule has 0 amide bonds. The Kier molecular flexibility index (Phi) is 4.57. The molecule has 2 aromatic rings. The van der Waals surface area contributed by atoms with Gasteiger partial charge in [-0.3, -0.25) is 9.59 Å². The number of hydrogen-bond acceptors (Lipinski definition) is 5. The van der Waals surface area contributed by atoms with Crippen LogP contribution in [0, 0.1) is 12.3 Å². The molecule has 156 valence electrons. The van der Waals surface area contributed by atoms with Crippen molar-refractivity contribution in [1.29, 1.82) is 0 Å². The highest BCUT2D eigenvalue weighted by Gasteiger charge is 2.53. The Balaban J connectivity index is 1.40. The van der Waals surface area contributed by atoms with Crippen LogP contribution in [-0.4, -0.2) is 29.6 Å². The predicted molar refractivity (Wildman–Crippen MR) is 112 cm³/mol. The van der Waals surface area contributed by atoms with Gasteiger partial charge < -0.3 is 14.6 Å². The quantitative estimate of drug-likeness (QED) is 0.701. The van der Waals surface area contributed by atoms with Crippen molar-refractivity contribution in [3.63, 3.8) is 0 Å². The van der Waals surface area contributed by atoms with Gasteiger partial charge in [0.15, 0.2) is 5.78 Å². The lowest BCUT2D eigenvalue weighted by atomic mass is 9.96. The monoisotopic (exact) mass is 406 g/mol. The Bertz CT molecular complexity index is 1030. The zero-order valence-electron chi connectivity index (χ0n) is 17.2. The number of esters is 1. The summed E-state index contributed by atoms with van der Waals surface area (Å²) in [5.74, 6) is 0.784. The minimum atomic E-state index is -0.560. The molecule has 0 aliphatic heterocycles. The maximum atomic E-state index is 12.6. The molecule has 2 aromatic carbocycles. The lowest BCUT2D eigenvalue weighted by Gasteiger charge is -2.27. The van der Waals surface area contributed by atoms with Crippen LogP contribution in [0.15, 0.2) is 30.3 Å². The third-order valence-electron chi connectivity index (χ3n) is 6.82. The Labute approximate surface area is 176 Å². The number of aromatic hydroxyl groups is 1. The zero-order chi connectivity index (χ0) is 20.9. The van der Waals surface area contributed by atoms with Crippen LogP contribution in [0.2, 0.25) is 0 Å². The Morgan fingerprint density at radius 2 is 1.90 bits per heavy atom. The third-order valence-corrected chi connectivity index (χ3v) is 6.82. The van der Waals surface area contributed by atoms with Gasteiger partial charge in [0, 0.05) is 23.1 Å². The summed E-state index contributed by atoms with van der Waals surface area (Å²) < 4.78 is 11.8. The summed E-state index contributed by atoms with van der Waals surface area (Å²) in [7, 11) is 0. The number of phenols is 1. The van der Waals surface area contributed by atoms with Gasteiger partial charge in [-0.25, -0.2) is 0 Å². The summed E-state index contributed by atoms with van der Waals surface area (Å²) >= 11 is 0. The molecule has 0 saturated heterocycles. The van der Waals surface area contributed by atoms with E-state index in [2.05, 4.69) is 0 Å². The average Bonchev–Trinajstić information content (AvgIpc) is 3.42. The van der Waals surface area contributed by atoms with Crippen molar-refractivity contribution in [1.82, 2.24) is 0 Å². The molecule has 2 fully saturated rings. The first-order valence-corrected chi connectivity index (χ1v) is 10.8. The first-order chi connectivity index (χ1) is 14.5. The van der Waals surface area contributed by atoms with E-state index in [0.717, 1.165) is 60.8 Å². The van der Waals surface area contributed by atoms with Crippen LogP contribution in [0.1, 0.15) is 60.0 Å². The van der Waals surface area contributed by atoms with Gasteiger partial charge in [-0.05, 0) is 68.7 Å². The highest BCUT2D eigenvalue weighted by molar-refractivity contribution is 6.01. The maximum Gasteiger partial charge on any atom is 0.315 e. The molecule has 2 saturated carbocycles. The van der Waals surface area contributed by atoms with Crippen molar-refractivity contribution in [2.24, 2.45) is 5.41 Å². The molecule has 0 radical (unpaired) electrons. The molecular formula is C25H26O5. The van der Waals surface area contributed by atoms with E-state index in [-0.39, 0.29) is 30.2 Å². The molecule has 0 unspecified atom stereocenters. The van der Waals surface area contributed by atoms with Crippen LogP contribution in [-0.2, 0) is 16.0 Å². The van der Waals surface area contributed by atoms with Crippen molar-refractivity contribution >= 4 is 11.8 Å². The van der Waals surface area contributed by atoms with Gasteiger partial charge in [0.1, 0.15) is 29.6 Å². The molecule has 5 rings (SSSR count). The average molecular weight is 406 g/mol. The van der Waals surface area contributed by atoms with Gasteiger partial charge in [0.25, 0.3) is 0 Å². The van der Waals surface area contributed by atoms with Crippen LogP contribution in [0.4, 0.5) is 0 Å². The number of aryl methyl sites for hydroxylation is 1. The summed E-state index contributed by atoms with van der Waals surface area (Å²) in [6.45, 7) is 2.07. The molecule has 3 aliphatic carbocycles. The van der Waals surface area contributed by atoms with Crippen LogP contribution in [0.5, 0.6) is 11.5 Å². The summed E-state index contributed by atoms with van der Waals surface area (Å²) in [6.07, 6.45) is 5.97. The number of benzene rings is 2. The van der Waals surface area contributed by atoms with Gasteiger partial charge in [-0.15, -0.1) is 0 Å². The van der Waals surface area contributed by atoms with Crippen molar-refractivity contribution in [3.8, 4) is 22.6 Å². The SMILES string of the molecule is Cc1c(O)ccc(-c2ccc3c(c2)CCC3=O)c1OCC1(C(=O)OC2CCC2)CC1. The maximum absolute atomic E-state index is 12.6. The van der Waals surface area contributed by atoms with Crippen molar-refractivity contribution in [3.05, 3.63) is 47.0 Å². The Morgan fingerprint density at radius 1 is 1.13 bits per heavy atom. The van der Waals surface area contributed by atoms with E-state index >= 15 is 0 Å². The molecule has 0 bridgehead atoms. The van der Waals surface area contributed by atoms with Crippen LogP contribution in [0.3, 0.4) is 0 Å². The fraction of sp³-hybridized carbons (Fsp3) is 0.440. The number of ether oxygens (including phenoxy) is 2. The highest BCUT2D eigenvalue weighted by atomic mass is 16.6. The van der Waals surface area contributed by atoms with Gasteiger partial charge in [0.2, 0.25) is 0 Å². The number of carbonyl (C=O) groups excluding carboxylic acids is 2. The lowest BCUT2D eigenvalue weighted by Crippen LogP contribution is -2.32. The molecule has 5 nitrogen and oxygen atoms in total. The number of hydrogen-bond donors (Lipinski definition) is 1. The summed E-state index contributed by atoms with van der Waals surface area (Å²) in [4.78, 5) is 24.6. The standard InChI is InChI=1S/C25H26O5/c1-15-21(26)10-8-20(17-5-7-19-16(13-17)6-9-22(19)27)23(15)29-14-25(11-12-25)24(28)30-18-3-2-4-18/h5,7-8,10,13,18,26H,2-4,6,9,11-12,14H2,1H3. The highest BCUT2D eigenvalue weighted by Crippen LogP contribution is 2.49. The molecule has 0 spiro atoms. The van der Waals surface area contributed by atoms with Crippen LogP contribution in [0.25, 0.3) is 11.1 Å². The van der Waals surface area contributed by atoms with E-state index in [1.54, 1.807) is 6.07 Å². The fourth-order valence-corrected chi connectivity index (χ4v) is 4.25. The predicted octanol–water partition coefficient (Wildman–Crippen LogP) is 4.75. The minimum Gasteiger partial charge on any atom is -0.508 e. The molecule has 3 aliphatic rings. The van der Waals surface area contributed by atoms with E-state index in [1.165, 1.54) is 0 Å². The second-order valence-corrected chi connectivity index (χ2v) is 8.91. The number of rotatable bonds is 6. The van der Waals surface area contributed by atoms with E-state index in [1.807, 2.05) is 31.2 Å². The van der Waals surface area contributed by atoms with E-state index in [4.69, 9.17) is 9.47 Å². The molecule has 0 atom stereocenters. The smallest absolute Gasteiger partial charge is 0.315 e. The van der Waals surface area contributed by atoms with Crippen molar-refractivity contribution in [2.75, 3.05) is 6.61 Å². The number of ketones is 1.